The monoisotopic (exact) mass is 311 g/mol. The molecule has 0 aliphatic heterocycles. The molecule has 0 radical (unpaired) electrons. The summed E-state index contributed by atoms with van der Waals surface area (Å²) in [6.07, 6.45) is 1.07. The normalized spacial score (nSPS) is 12.4. The van der Waals surface area contributed by atoms with Gasteiger partial charge in [-0.25, -0.2) is 4.98 Å². The van der Waals surface area contributed by atoms with Crippen molar-refractivity contribution in [2.75, 3.05) is 5.75 Å². The number of benzene rings is 1. The molecule has 0 spiro atoms. The van der Waals surface area contributed by atoms with Crippen LogP contribution in [0, 0.1) is 6.92 Å². The molecule has 0 aliphatic rings. The summed E-state index contributed by atoms with van der Waals surface area (Å²) in [7, 11) is 0. The lowest BCUT2D eigenvalue weighted by atomic mass is 10.1. The molecular weight excluding hydrogens is 296 g/mol. The lowest BCUT2D eigenvalue weighted by Gasteiger charge is -2.11. The number of hydrogen-bond acceptors (Lipinski definition) is 4. The van der Waals surface area contributed by atoms with Crippen molar-refractivity contribution in [2.45, 2.75) is 24.7 Å². The number of aromatic nitrogens is 1. The van der Waals surface area contributed by atoms with Crippen molar-refractivity contribution in [1.29, 1.82) is 0 Å². The highest BCUT2D eigenvalue weighted by Crippen LogP contribution is 2.25. The Morgan fingerprint density at radius 1 is 1.19 bits per heavy atom. The molecule has 1 heterocycles. The maximum Gasteiger partial charge on any atom is 0.387 e. The zero-order chi connectivity index (χ0) is 15.2. The predicted molar refractivity (Wildman–Crippen MR) is 77.7 cm³/mol. The highest BCUT2D eigenvalue weighted by atomic mass is 32.2. The number of pyridine rings is 1. The Balaban J connectivity index is 1.90. The van der Waals surface area contributed by atoms with Crippen LogP contribution in [0.15, 0.2) is 47.6 Å². The molecule has 0 saturated heterocycles. The molecule has 0 bridgehead atoms. The summed E-state index contributed by atoms with van der Waals surface area (Å²) in [6.45, 7) is -0.886. The molecule has 2 rings (SSSR count). The third kappa shape index (κ3) is 4.99. The second-order valence-corrected chi connectivity index (χ2v) is 5.49. The van der Waals surface area contributed by atoms with Gasteiger partial charge in [-0.3, -0.25) is 0 Å². The zero-order valence-electron chi connectivity index (χ0n) is 11.4. The van der Waals surface area contributed by atoms with E-state index in [1.807, 2.05) is 19.1 Å². The van der Waals surface area contributed by atoms with Crippen LogP contribution in [0.3, 0.4) is 0 Å². The van der Waals surface area contributed by atoms with Gasteiger partial charge in [0.1, 0.15) is 5.75 Å². The quantitative estimate of drug-likeness (QED) is 0.824. The van der Waals surface area contributed by atoms with Gasteiger partial charge < -0.3 is 9.84 Å². The van der Waals surface area contributed by atoms with Crippen molar-refractivity contribution >= 4 is 11.8 Å². The van der Waals surface area contributed by atoms with Gasteiger partial charge >= 0.3 is 6.61 Å². The van der Waals surface area contributed by atoms with E-state index >= 15 is 0 Å². The van der Waals surface area contributed by atoms with Gasteiger partial charge in [-0.1, -0.05) is 18.2 Å². The first kappa shape index (κ1) is 15.7. The first-order valence-electron chi connectivity index (χ1n) is 6.33. The number of aliphatic hydroxyl groups excluding tert-OH is 1. The Morgan fingerprint density at radius 2 is 1.90 bits per heavy atom. The van der Waals surface area contributed by atoms with Crippen LogP contribution in [-0.4, -0.2) is 22.5 Å². The number of halogens is 2. The van der Waals surface area contributed by atoms with Crippen LogP contribution >= 0.6 is 11.8 Å². The number of nitrogens with zero attached hydrogens (tertiary/aromatic N) is 1. The first-order chi connectivity index (χ1) is 10.0. The maximum absolute atomic E-state index is 12.0. The van der Waals surface area contributed by atoms with E-state index in [1.54, 1.807) is 18.3 Å². The first-order valence-corrected chi connectivity index (χ1v) is 7.31. The topological polar surface area (TPSA) is 42.4 Å². The summed E-state index contributed by atoms with van der Waals surface area (Å²) in [4.78, 5) is 4.24. The largest absolute Gasteiger partial charge is 0.435 e. The Morgan fingerprint density at radius 3 is 2.48 bits per heavy atom. The molecule has 1 N–H and O–H groups in total. The summed E-state index contributed by atoms with van der Waals surface area (Å²) in [6, 6.07) is 9.83. The third-order valence-electron chi connectivity index (χ3n) is 2.76. The fourth-order valence-electron chi connectivity index (χ4n) is 1.67. The Bertz CT molecular complexity index is 561. The second kappa shape index (κ2) is 7.38. The van der Waals surface area contributed by atoms with E-state index in [1.165, 1.54) is 23.9 Å². The minimum atomic E-state index is -2.84. The highest BCUT2D eigenvalue weighted by Gasteiger charge is 2.10. The van der Waals surface area contributed by atoms with Crippen molar-refractivity contribution in [3.05, 3.63) is 53.7 Å². The molecule has 112 valence electrons. The minimum Gasteiger partial charge on any atom is -0.435 e. The molecule has 0 aliphatic carbocycles. The van der Waals surface area contributed by atoms with Crippen molar-refractivity contribution in [3.8, 4) is 5.75 Å². The Hall–Kier alpha value is -1.66. The number of aryl methyl sites for hydroxylation is 1. The molecule has 3 nitrogen and oxygen atoms in total. The van der Waals surface area contributed by atoms with E-state index in [0.717, 1.165) is 10.6 Å². The van der Waals surface area contributed by atoms with Gasteiger partial charge in [-0.05, 0) is 36.2 Å². The smallest absolute Gasteiger partial charge is 0.387 e. The van der Waals surface area contributed by atoms with E-state index in [2.05, 4.69) is 9.72 Å². The van der Waals surface area contributed by atoms with Gasteiger partial charge in [0.05, 0.1) is 11.1 Å². The van der Waals surface area contributed by atoms with Gasteiger partial charge in [-0.2, -0.15) is 8.78 Å². The fraction of sp³-hybridized carbons (Fsp3) is 0.267. The molecule has 1 atom stereocenters. The molecule has 0 amide bonds. The van der Waals surface area contributed by atoms with E-state index in [9.17, 15) is 13.9 Å². The van der Waals surface area contributed by atoms with Gasteiger partial charge in [0.15, 0.2) is 0 Å². The van der Waals surface area contributed by atoms with Gasteiger partial charge in [0.2, 0.25) is 0 Å². The third-order valence-corrected chi connectivity index (χ3v) is 3.78. The molecule has 21 heavy (non-hydrogen) atoms. The van der Waals surface area contributed by atoms with Crippen LogP contribution in [0.2, 0.25) is 0 Å². The number of alkyl halides is 2. The minimum absolute atomic E-state index is 0.0776. The van der Waals surface area contributed by atoms with Gasteiger partial charge in [-0.15, -0.1) is 11.8 Å². The Labute approximate surface area is 126 Å². The van der Waals surface area contributed by atoms with Gasteiger partial charge in [0, 0.05) is 11.9 Å². The lowest BCUT2D eigenvalue weighted by Crippen LogP contribution is -2.03. The van der Waals surface area contributed by atoms with Gasteiger partial charge in [0.25, 0.3) is 0 Å². The molecule has 1 unspecified atom stereocenters. The van der Waals surface area contributed by atoms with Crippen LogP contribution in [0.5, 0.6) is 5.75 Å². The zero-order valence-corrected chi connectivity index (χ0v) is 12.2. The summed E-state index contributed by atoms with van der Waals surface area (Å²) >= 11 is 1.43. The van der Waals surface area contributed by atoms with Crippen molar-refractivity contribution in [3.63, 3.8) is 0 Å². The summed E-state index contributed by atoms with van der Waals surface area (Å²) in [5.41, 5.74) is 1.73. The molecular formula is C15H15F2NO2S. The van der Waals surface area contributed by atoms with Crippen LogP contribution in [-0.2, 0) is 0 Å². The highest BCUT2D eigenvalue weighted by molar-refractivity contribution is 7.99. The van der Waals surface area contributed by atoms with E-state index in [0.29, 0.717) is 11.3 Å². The summed E-state index contributed by atoms with van der Waals surface area (Å²) in [5, 5.41) is 10.9. The Kier molecular flexibility index (Phi) is 5.52. The predicted octanol–water partition coefficient (Wildman–Crippen LogP) is 3.82. The van der Waals surface area contributed by atoms with Crippen LogP contribution < -0.4 is 4.74 Å². The molecule has 2 aromatic rings. The molecule has 1 aromatic heterocycles. The number of thioether (sulfide) groups is 1. The molecule has 0 fully saturated rings. The molecule has 1 aromatic carbocycles. The average Bonchev–Trinajstić information content (AvgIpc) is 2.46. The van der Waals surface area contributed by atoms with Crippen molar-refractivity contribution in [1.82, 2.24) is 4.98 Å². The standard InChI is InChI=1S/C15H15F2NO2S/c1-10-2-7-14(18-8-10)21-9-13(19)11-3-5-12(6-4-11)20-15(16)17/h2-8,13,15,19H,9H2,1H3. The average molecular weight is 311 g/mol. The number of rotatable bonds is 6. The van der Waals surface area contributed by atoms with Crippen molar-refractivity contribution in [2.24, 2.45) is 0 Å². The van der Waals surface area contributed by atoms with E-state index in [-0.39, 0.29) is 5.75 Å². The molecule has 6 heteroatoms. The van der Waals surface area contributed by atoms with E-state index in [4.69, 9.17) is 0 Å². The maximum atomic E-state index is 12.0. The SMILES string of the molecule is Cc1ccc(SCC(O)c2ccc(OC(F)F)cc2)nc1. The second-order valence-electron chi connectivity index (χ2n) is 4.45. The van der Waals surface area contributed by atoms with E-state index < -0.39 is 12.7 Å². The van der Waals surface area contributed by atoms with Crippen LogP contribution in [0.1, 0.15) is 17.2 Å². The fourth-order valence-corrected chi connectivity index (χ4v) is 2.48. The summed E-state index contributed by atoms with van der Waals surface area (Å²) < 4.78 is 28.3. The van der Waals surface area contributed by atoms with Crippen LogP contribution in [0.25, 0.3) is 0 Å². The molecule has 0 saturated carbocycles. The van der Waals surface area contributed by atoms with Crippen LogP contribution in [0.4, 0.5) is 8.78 Å². The summed E-state index contributed by atoms with van der Waals surface area (Å²) in [5.74, 6) is 0.513. The lowest BCUT2D eigenvalue weighted by molar-refractivity contribution is -0.0498. The number of hydrogen-bond donors (Lipinski definition) is 1. The van der Waals surface area contributed by atoms with Crippen molar-refractivity contribution < 1.29 is 18.6 Å². The number of ether oxygens (including phenoxy) is 1. The number of aliphatic hydroxyl groups is 1.